The molecule has 1 unspecified atom stereocenters. The zero-order chi connectivity index (χ0) is 47.2. The van der Waals surface area contributed by atoms with Crippen molar-refractivity contribution in [3.63, 3.8) is 0 Å². The number of aliphatic hydroxyl groups is 2. The largest absolute Gasteiger partial charge is 0.395 e. The minimum Gasteiger partial charge on any atom is -0.395 e. The van der Waals surface area contributed by atoms with E-state index in [0.717, 1.165) is 88.7 Å². The molecule has 5 atom stereocenters. The molecule has 4 aromatic heterocycles. The first kappa shape index (κ1) is 46.8. The van der Waals surface area contributed by atoms with Crippen molar-refractivity contribution < 1.29 is 10.2 Å². The number of hydrogen-bond donors (Lipinski definition) is 2. The number of piperidine rings is 2. The number of halogens is 4. The number of benzene rings is 2. The molecule has 2 N–H and O–H groups in total. The van der Waals surface area contributed by atoms with Gasteiger partial charge in [0.25, 0.3) is 0 Å². The van der Waals surface area contributed by atoms with Gasteiger partial charge in [0, 0.05) is 79.0 Å². The van der Waals surface area contributed by atoms with Crippen molar-refractivity contribution in [1.29, 1.82) is 10.5 Å². The highest BCUT2D eigenvalue weighted by Crippen LogP contribution is 2.42. The van der Waals surface area contributed by atoms with Crippen LogP contribution in [-0.2, 0) is 0 Å². The zero-order valence-electron chi connectivity index (χ0n) is 37.6. The van der Waals surface area contributed by atoms with E-state index in [4.69, 9.17) is 71.4 Å². The second-order valence-electron chi connectivity index (χ2n) is 19.0. The molecule has 4 aliphatic rings. The number of aliphatic hydroxyl groups excluding tert-OH is 2. The van der Waals surface area contributed by atoms with Crippen LogP contribution >= 0.6 is 46.4 Å². The minimum absolute atomic E-state index is 0.0447. The number of rotatable bonds is 14. The third-order valence-corrected chi connectivity index (χ3v) is 15.9. The minimum atomic E-state index is -0.397. The van der Waals surface area contributed by atoms with Gasteiger partial charge in [0.1, 0.15) is 34.8 Å². The van der Waals surface area contributed by atoms with Gasteiger partial charge in [-0.3, -0.25) is 0 Å². The van der Waals surface area contributed by atoms with Crippen molar-refractivity contribution in [2.24, 2.45) is 29.6 Å². The first-order valence-corrected chi connectivity index (χ1v) is 24.9. The number of nitrogens with zero attached hydrogens (tertiary/aromatic N) is 14. The predicted molar refractivity (Wildman–Crippen MR) is 262 cm³/mol. The number of anilines is 2. The normalized spacial score (nSPS) is 21.7. The molecule has 4 fully saturated rings. The van der Waals surface area contributed by atoms with E-state index < -0.39 is 6.04 Å². The molecular weight excluding hydrogens is 946 g/mol. The molecule has 8 heterocycles. The van der Waals surface area contributed by atoms with E-state index in [2.05, 4.69) is 36.8 Å². The Kier molecular flexibility index (Phi) is 13.7. The first-order chi connectivity index (χ1) is 33.0. The monoisotopic (exact) mass is 996 g/mol. The van der Waals surface area contributed by atoms with Crippen molar-refractivity contribution in [3.8, 4) is 12.1 Å². The summed E-state index contributed by atoms with van der Waals surface area (Å²) in [5.41, 5.74) is 3.94. The number of β-amino-alcohol motifs (C(OH)–C–C–N with tert-alkyl or cyclic N) is 2. The molecule has 0 spiro atoms. The number of hydrogen-bond acceptors (Lipinski definition) is 14. The molecule has 10 rings (SSSR count). The van der Waals surface area contributed by atoms with Gasteiger partial charge in [-0.2, -0.15) is 20.7 Å². The van der Waals surface area contributed by atoms with Crippen LogP contribution in [0.3, 0.4) is 0 Å². The van der Waals surface area contributed by atoms with E-state index in [1.165, 1.54) is 6.42 Å². The van der Waals surface area contributed by atoms with Crippen LogP contribution in [0, 0.1) is 52.3 Å². The van der Waals surface area contributed by atoms with Crippen LogP contribution < -0.4 is 9.80 Å². The van der Waals surface area contributed by atoms with Crippen LogP contribution in [0.1, 0.15) is 67.2 Å². The topological polar surface area (TPSA) is 188 Å². The van der Waals surface area contributed by atoms with Gasteiger partial charge in [-0.05, 0) is 104 Å². The molecule has 0 aliphatic carbocycles. The summed E-state index contributed by atoms with van der Waals surface area (Å²) in [6.45, 7) is 10.4. The summed E-state index contributed by atoms with van der Waals surface area (Å²) < 4.78 is 3.56. The summed E-state index contributed by atoms with van der Waals surface area (Å²) in [4.78, 5) is 28.9. The van der Waals surface area contributed by atoms with E-state index in [1.807, 2.05) is 29.8 Å². The van der Waals surface area contributed by atoms with Crippen molar-refractivity contribution in [2.45, 2.75) is 44.7 Å². The van der Waals surface area contributed by atoms with Crippen LogP contribution in [0.5, 0.6) is 0 Å². The fraction of sp³-hybridized carbons (Fsp3) is 0.500. The first-order valence-electron chi connectivity index (χ1n) is 23.4. The maximum atomic E-state index is 10.3. The lowest BCUT2D eigenvalue weighted by Crippen LogP contribution is -2.55. The van der Waals surface area contributed by atoms with Gasteiger partial charge in [-0.1, -0.05) is 58.5 Å². The summed E-state index contributed by atoms with van der Waals surface area (Å²) in [5.74, 6) is 3.39. The maximum absolute atomic E-state index is 10.3. The molecule has 0 bridgehead atoms. The third kappa shape index (κ3) is 9.18. The smallest absolute Gasteiger partial charge is 0.190 e. The van der Waals surface area contributed by atoms with E-state index in [9.17, 15) is 20.7 Å². The average molecular weight is 999 g/mol. The highest BCUT2D eigenvalue weighted by atomic mass is 35.5. The number of aromatic nitrogens is 8. The molecule has 2 aromatic carbocycles. The molecule has 354 valence electrons. The van der Waals surface area contributed by atoms with Crippen LogP contribution in [0.2, 0.25) is 20.1 Å². The predicted octanol–water partition coefficient (Wildman–Crippen LogP) is 7.12. The summed E-state index contributed by atoms with van der Waals surface area (Å²) >= 11 is 26.3. The number of fused-ring (bicyclic) bond motifs is 2. The lowest BCUT2D eigenvalue weighted by Gasteiger charge is -2.49. The average Bonchev–Trinajstić information content (AvgIpc) is 3.85. The highest BCUT2D eigenvalue weighted by Gasteiger charge is 2.41. The van der Waals surface area contributed by atoms with Crippen molar-refractivity contribution >= 4 is 80.4 Å². The van der Waals surface area contributed by atoms with Gasteiger partial charge >= 0.3 is 0 Å². The quantitative estimate of drug-likeness (QED) is 0.112. The standard InChI is InChI=1S/C48H52Cl4N14O2/c1-28(36-6-4-34(49)15-38(36)51)65-47-45(40(17-53)59-65)55-19-43(57-47)64-26-33(27-64)31-13-29(21-62(23-31)10-12-68)14-42(37-7-5-35(50)16-39(37)52)66-48-46(41(18-54)60-66)56-20-44(58-48)63-24-32(25-63)30-3-2-8-61(22-30)9-11-67/h4-7,15-16,19-20,28-33,42,67-68H,2-3,8-14,21-27H2,1H3/t28-,29?,30-,31+,42-/m1/s1. The van der Waals surface area contributed by atoms with Crippen molar-refractivity contribution in [2.75, 3.05) is 88.5 Å². The molecule has 4 aliphatic heterocycles. The van der Waals surface area contributed by atoms with Gasteiger partial charge in [0.05, 0.1) is 37.7 Å². The second-order valence-corrected chi connectivity index (χ2v) is 20.7. The van der Waals surface area contributed by atoms with Crippen LogP contribution in [-0.4, -0.2) is 138 Å². The van der Waals surface area contributed by atoms with Crippen LogP contribution in [0.15, 0.2) is 48.8 Å². The Morgan fingerprint density at radius 1 is 0.676 bits per heavy atom. The van der Waals surface area contributed by atoms with Crippen LogP contribution in [0.4, 0.5) is 11.6 Å². The van der Waals surface area contributed by atoms with Gasteiger partial charge in [-0.15, -0.1) is 0 Å². The van der Waals surface area contributed by atoms with Gasteiger partial charge in [0.15, 0.2) is 22.7 Å². The van der Waals surface area contributed by atoms with Gasteiger partial charge in [-0.25, -0.2) is 29.3 Å². The van der Waals surface area contributed by atoms with Crippen LogP contribution in [0.25, 0.3) is 22.3 Å². The third-order valence-electron chi connectivity index (χ3n) is 14.8. The Morgan fingerprint density at radius 3 is 1.81 bits per heavy atom. The molecule has 0 amide bonds. The molecular formula is C48H52Cl4N14O2. The van der Waals surface area contributed by atoms with E-state index in [-0.39, 0.29) is 36.6 Å². The van der Waals surface area contributed by atoms with E-state index in [1.54, 1.807) is 35.3 Å². The molecule has 6 aromatic rings. The van der Waals surface area contributed by atoms with E-state index in [0.29, 0.717) is 84.9 Å². The molecule has 4 saturated heterocycles. The molecule has 16 nitrogen and oxygen atoms in total. The second kappa shape index (κ2) is 19.9. The van der Waals surface area contributed by atoms with Gasteiger partial charge < -0.3 is 29.8 Å². The lowest BCUT2D eigenvalue weighted by atomic mass is 9.75. The SMILES string of the molecule is C[C@H](c1ccc(Cl)cc1Cl)n1nc(C#N)c2ncc(N3CC([C@H]4CC(C[C@H](c5ccc(Cl)cc5Cl)n5nc(C#N)c6ncc(N7CC([C@@H]8CCCN(CCO)C8)C7)nc65)CN(CCO)C4)C3)nc21. The zero-order valence-corrected chi connectivity index (χ0v) is 40.7. The van der Waals surface area contributed by atoms with Crippen molar-refractivity contribution in [1.82, 2.24) is 49.3 Å². The summed E-state index contributed by atoms with van der Waals surface area (Å²) in [5, 5.41) is 51.6. The highest BCUT2D eigenvalue weighted by molar-refractivity contribution is 6.35. The fourth-order valence-corrected chi connectivity index (χ4v) is 12.3. The Labute approximate surface area is 414 Å². The number of nitriles is 2. The molecule has 0 saturated carbocycles. The Morgan fingerprint density at radius 2 is 1.22 bits per heavy atom. The number of likely N-dealkylation sites (tertiary alicyclic amines) is 2. The van der Waals surface area contributed by atoms with E-state index >= 15 is 0 Å². The summed E-state index contributed by atoms with van der Waals surface area (Å²) in [6, 6.07) is 14.6. The summed E-state index contributed by atoms with van der Waals surface area (Å²) in [6.07, 6.45) is 7.38. The van der Waals surface area contributed by atoms with Gasteiger partial charge in [0.2, 0.25) is 0 Å². The Bertz CT molecular complexity index is 2900. The van der Waals surface area contributed by atoms with Crippen molar-refractivity contribution in [3.05, 3.63) is 91.4 Å². The Balaban J connectivity index is 0.896. The summed E-state index contributed by atoms with van der Waals surface area (Å²) in [7, 11) is 0. The molecule has 68 heavy (non-hydrogen) atoms. The maximum Gasteiger partial charge on any atom is 0.190 e. The lowest BCUT2D eigenvalue weighted by molar-refractivity contribution is 0.0603. The molecule has 0 radical (unpaired) electrons. The Hall–Kier alpha value is -4.88. The molecule has 20 heteroatoms. The fourth-order valence-electron chi connectivity index (χ4n) is 11.2.